The van der Waals surface area contributed by atoms with E-state index < -0.39 is 0 Å². The highest BCUT2D eigenvalue weighted by Crippen LogP contribution is 2.46. The van der Waals surface area contributed by atoms with Crippen LogP contribution in [0.25, 0.3) is 144 Å². The Labute approximate surface area is 370 Å². The first-order valence-electron chi connectivity index (χ1n) is 21.7. The maximum absolute atomic E-state index is 6.83. The smallest absolute Gasteiger partial charge is 0.160 e. The van der Waals surface area contributed by atoms with Gasteiger partial charge in [0.1, 0.15) is 33.5 Å². The molecular formula is C59H33N3O3. The molecule has 0 N–H and O–H groups in total. The topological polar surface area (TPSA) is 78.1 Å². The van der Waals surface area contributed by atoms with Gasteiger partial charge in [-0.05, 0) is 66.2 Å². The zero-order valence-electron chi connectivity index (χ0n) is 34.6. The molecule has 302 valence electrons. The molecular weight excluding hydrogens is 799 g/mol. The van der Waals surface area contributed by atoms with E-state index in [1.54, 1.807) is 0 Å². The van der Waals surface area contributed by atoms with E-state index in [1.165, 1.54) is 0 Å². The second-order valence-electron chi connectivity index (χ2n) is 16.7. The minimum absolute atomic E-state index is 0.598. The fourth-order valence-corrected chi connectivity index (χ4v) is 9.80. The summed E-state index contributed by atoms with van der Waals surface area (Å²) >= 11 is 0. The molecule has 0 radical (unpaired) electrons. The van der Waals surface area contributed by atoms with Gasteiger partial charge in [-0.1, -0.05) is 140 Å². The van der Waals surface area contributed by atoms with Crippen LogP contribution in [0.1, 0.15) is 0 Å². The predicted octanol–water partition coefficient (Wildman–Crippen LogP) is 16.2. The summed E-state index contributed by atoms with van der Waals surface area (Å²) in [5, 5.41) is 9.74. The molecule has 6 heteroatoms. The van der Waals surface area contributed by atoms with E-state index in [0.717, 1.165) is 138 Å². The molecule has 0 amide bonds. The second kappa shape index (κ2) is 13.8. The largest absolute Gasteiger partial charge is 0.456 e. The third kappa shape index (κ3) is 5.57. The van der Waals surface area contributed by atoms with Crippen molar-refractivity contribution in [3.63, 3.8) is 0 Å². The Bertz CT molecular complexity index is 4110. The van der Waals surface area contributed by atoms with Crippen molar-refractivity contribution in [2.45, 2.75) is 0 Å². The molecule has 0 spiro atoms. The van der Waals surface area contributed by atoms with E-state index in [-0.39, 0.29) is 0 Å². The normalized spacial score (nSPS) is 12.0. The zero-order chi connectivity index (χ0) is 42.6. The van der Waals surface area contributed by atoms with Crippen molar-refractivity contribution in [3.8, 4) is 56.3 Å². The summed E-state index contributed by atoms with van der Waals surface area (Å²) in [6.07, 6.45) is 0. The quantitative estimate of drug-likeness (QED) is 0.161. The molecule has 14 rings (SSSR count). The van der Waals surface area contributed by atoms with Gasteiger partial charge in [0.25, 0.3) is 0 Å². The molecule has 0 saturated heterocycles. The number of fused-ring (bicyclic) bond motifs is 13. The predicted molar refractivity (Wildman–Crippen MR) is 264 cm³/mol. The molecule has 0 bridgehead atoms. The maximum atomic E-state index is 6.83. The van der Waals surface area contributed by atoms with Gasteiger partial charge >= 0.3 is 0 Å². The number of para-hydroxylation sites is 4. The standard InChI is InChI=1S/C59H33N3O3/c1-2-12-36(13-3-1)57-46-32-45(58-56(44-17-7-11-21-52(44)65-58)55(46)43-16-4-8-18-47(43)60-57)34-22-24-35(25-23-34)48-33-49(37-26-28-41-39-14-5-9-19-50(39)63-53(41)30-37)62-59(61-48)38-27-29-42-40-15-6-10-20-51(40)64-54(42)31-38/h1-33H. The molecule has 0 aliphatic heterocycles. The summed E-state index contributed by atoms with van der Waals surface area (Å²) in [6.45, 7) is 0. The van der Waals surface area contributed by atoms with Gasteiger partial charge in [-0.15, -0.1) is 0 Å². The fraction of sp³-hybridized carbons (Fsp3) is 0. The Morgan fingerprint density at radius 1 is 0.292 bits per heavy atom. The number of pyridine rings is 1. The Balaban J connectivity index is 0.958. The summed E-state index contributed by atoms with van der Waals surface area (Å²) in [4.78, 5) is 15.8. The number of furan rings is 3. The lowest BCUT2D eigenvalue weighted by Gasteiger charge is -2.14. The van der Waals surface area contributed by atoms with Crippen molar-refractivity contribution in [3.05, 3.63) is 200 Å². The third-order valence-corrected chi connectivity index (χ3v) is 12.9. The van der Waals surface area contributed by atoms with Crippen molar-refractivity contribution in [1.29, 1.82) is 0 Å². The van der Waals surface area contributed by atoms with Crippen LogP contribution >= 0.6 is 0 Å². The summed E-state index contributed by atoms with van der Waals surface area (Å²) < 4.78 is 19.5. The molecule has 0 unspecified atom stereocenters. The van der Waals surface area contributed by atoms with Crippen LogP contribution in [0.4, 0.5) is 0 Å². The first-order valence-corrected chi connectivity index (χ1v) is 21.7. The van der Waals surface area contributed by atoms with E-state index in [0.29, 0.717) is 5.82 Å². The van der Waals surface area contributed by atoms with E-state index in [1.807, 2.05) is 54.6 Å². The lowest BCUT2D eigenvalue weighted by atomic mass is 9.91. The molecule has 0 atom stereocenters. The molecule has 0 saturated carbocycles. The van der Waals surface area contributed by atoms with Crippen LogP contribution in [0.3, 0.4) is 0 Å². The highest BCUT2D eigenvalue weighted by atomic mass is 16.3. The zero-order valence-corrected chi connectivity index (χ0v) is 34.6. The first-order chi connectivity index (χ1) is 32.2. The first kappa shape index (κ1) is 35.7. The maximum Gasteiger partial charge on any atom is 0.160 e. The molecule has 9 aromatic carbocycles. The monoisotopic (exact) mass is 831 g/mol. The van der Waals surface area contributed by atoms with Gasteiger partial charge in [0.15, 0.2) is 5.82 Å². The lowest BCUT2D eigenvalue weighted by Crippen LogP contribution is -1.96. The van der Waals surface area contributed by atoms with Crippen LogP contribution in [0, 0.1) is 0 Å². The minimum Gasteiger partial charge on any atom is -0.456 e. The van der Waals surface area contributed by atoms with Crippen molar-refractivity contribution >= 4 is 87.5 Å². The number of benzene rings is 9. The van der Waals surface area contributed by atoms with Crippen LogP contribution < -0.4 is 0 Å². The van der Waals surface area contributed by atoms with Crippen molar-refractivity contribution in [2.24, 2.45) is 0 Å². The van der Waals surface area contributed by atoms with E-state index in [4.69, 9.17) is 28.2 Å². The van der Waals surface area contributed by atoms with Gasteiger partial charge in [-0.2, -0.15) is 0 Å². The Hall–Kier alpha value is -8.87. The van der Waals surface area contributed by atoms with Crippen molar-refractivity contribution in [1.82, 2.24) is 15.0 Å². The van der Waals surface area contributed by atoms with E-state index >= 15 is 0 Å². The van der Waals surface area contributed by atoms with Gasteiger partial charge in [0, 0.05) is 76.3 Å². The molecule has 14 aromatic rings. The van der Waals surface area contributed by atoms with Gasteiger partial charge in [0.2, 0.25) is 0 Å². The number of rotatable bonds is 5. The molecule has 0 aliphatic rings. The average molecular weight is 832 g/mol. The number of hydrogen-bond donors (Lipinski definition) is 0. The highest BCUT2D eigenvalue weighted by Gasteiger charge is 2.22. The summed E-state index contributed by atoms with van der Waals surface area (Å²) in [7, 11) is 0. The molecule has 0 aliphatic carbocycles. The Kier molecular flexibility index (Phi) is 7.59. The van der Waals surface area contributed by atoms with Crippen LogP contribution in [0.5, 0.6) is 0 Å². The molecule has 5 heterocycles. The third-order valence-electron chi connectivity index (χ3n) is 12.9. The molecule has 5 aromatic heterocycles. The van der Waals surface area contributed by atoms with Crippen LogP contribution in [-0.2, 0) is 0 Å². The minimum atomic E-state index is 0.598. The average Bonchev–Trinajstić information content (AvgIpc) is 4.07. The van der Waals surface area contributed by atoms with Gasteiger partial charge in [-0.25, -0.2) is 15.0 Å². The fourth-order valence-electron chi connectivity index (χ4n) is 9.80. The van der Waals surface area contributed by atoms with Crippen molar-refractivity contribution < 1.29 is 13.3 Å². The SMILES string of the molecule is c1ccc(-c2nc3ccccc3c3c2cc(-c2ccc(-c4cc(-c5ccc6c(c5)oc5ccccc56)nc(-c5ccc6c(c5)oc5ccccc56)n4)cc2)c2oc4ccccc4c23)cc1. The summed E-state index contributed by atoms with van der Waals surface area (Å²) in [5.74, 6) is 0.598. The number of nitrogens with zero attached hydrogens (tertiary/aromatic N) is 3. The lowest BCUT2D eigenvalue weighted by molar-refractivity contribution is 0.668. The van der Waals surface area contributed by atoms with E-state index in [9.17, 15) is 0 Å². The molecule has 0 fully saturated rings. The van der Waals surface area contributed by atoms with Gasteiger partial charge < -0.3 is 13.3 Å². The molecule has 65 heavy (non-hydrogen) atoms. The highest BCUT2D eigenvalue weighted by molar-refractivity contribution is 6.30. The summed E-state index contributed by atoms with van der Waals surface area (Å²) in [6, 6.07) is 69.0. The molecule has 6 nitrogen and oxygen atoms in total. The van der Waals surface area contributed by atoms with Gasteiger partial charge in [0.05, 0.1) is 22.6 Å². The summed E-state index contributed by atoms with van der Waals surface area (Å²) in [5.41, 5.74) is 14.3. The van der Waals surface area contributed by atoms with Crippen LogP contribution in [-0.4, -0.2) is 15.0 Å². The number of aromatic nitrogens is 3. The van der Waals surface area contributed by atoms with Crippen LogP contribution in [0.2, 0.25) is 0 Å². The van der Waals surface area contributed by atoms with Crippen LogP contribution in [0.15, 0.2) is 213 Å². The second-order valence-corrected chi connectivity index (χ2v) is 16.7. The van der Waals surface area contributed by atoms with E-state index in [2.05, 4.69) is 146 Å². The Morgan fingerprint density at radius 2 is 0.815 bits per heavy atom. The Morgan fingerprint density at radius 3 is 1.52 bits per heavy atom. The number of hydrogen-bond acceptors (Lipinski definition) is 6. The van der Waals surface area contributed by atoms with Gasteiger partial charge in [-0.3, -0.25) is 0 Å². The van der Waals surface area contributed by atoms with Crippen molar-refractivity contribution in [2.75, 3.05) is 0 Å².